The molecule has 142 valence electrons. The number of amides is 1. The summed E-state index contributed by atoms with van der Waals surface area (Å²) in [7, 11) is 0. The summed E-state index contributed by atoms with van der Waals surface area (Å²) in [4.78, 5) is 34.7. The topological polar surface area (TPSA) is 98.5 Å². The van der Waals surface area contributed by atoms with E-state index < -0.39 is 17.4 Å². The highest BCUT2D eigenvalue weighted by atomic mass is 32.1. The van der Waals surface area contributed by atoms with Crippen molar-refractivity contribution in [2.24, 2.45) is 0 Å². The molecule has 28 heavy (non-hydrogen) atoms. The van der Waals surface area contributed by atoms with Gasteiger partial charge in [0.2, 0.25) is 0 Å². The minimum absolute atomic E-state index is 0.0712. The highest BCUT2D eigenvalue weighted by molar-refractivity contribution is 7.10. The van der Waals surface area contributed by atoms with Crippen LogP contribution in [0.5, 0.6) is 5.75 Å². The van der Waals surface area contributed by atoms with Crippen molar-refractivity contribution in [3.05, 3.63) is 92.2 Å². The van der Waals surface area contributed by atoms with Gasteiger partial charge in [0.05, 0.1) is 11.0 Å². The fraction of sp³-hybridized carbons (Fsp3) is 0.100. The number of rotatable bonds is 8. The largest absolute Gasteiger partial charge is 0.477 e. The van der Waals surface area contributed by atoms with Gasteiger partial charge in [0.1, 0.15) is 6.29 Å². The molecule has 1 N–H and O–H groups in total. The number of nitrogens with one attached hydrogen (secondary N) is 1. The smallest absolute Gasteiger partial charge is 0.311 e. The van der Waals surface area contributed by atoms with Crippen molar-refractivity contribution in [3.63, 3.8) is 0 Å². The van der Waals surface area contributed by atoms with Crippen LogP contribution < -0.4 is 10.1 Å². The summed E-state index contributed by atoms with van der Waals surface area (Å²) >= 11 is 1.51. The molecular weight excluding hydrogens is 380 g/mol. The number of carbonyl (C=O) groups excluding carboxylic acids is 2. The minimum atomic E-state index is -0.654. The van der Waals surface area contributed by atoms with Gasteiger partial charge in [-0.15, -0.1) is 11.3 Å². The Hall–Kier alpha value is -3.52. The number of aldehydes is 1. The highest BCUT2D eigenvalue weighted by Crippen LogP contribution is 2.28. The average molecular weight is 396 g/mol. The van der Waals surface area contributed by atoms with E-state index in [2.05, 4.69) is 5.32 Å². The van der Waals surface area contributed by atoms with Crippen LogP contribution in [-0.4, -0.2) is 23.7 Å². The first kappa shape index (κ1) is 19.2. The summed E-state index contributed by atoms with van der Waals surface area (Å²) in [6.45, 7) is -0.393. The Morgan fingerprint density at radius 3 is 2.61 bits per heavy atom. The SMILES string of the molecule is O=Cc1ccc(OCC(=O)N[C@@H](c2ccccc2)c2cccs2)c([N+](=O)[O-])c1. The third-order valence-electron chi connectivity index (χ3n) is 3.94. The van der Waals surface area contributed by atoms with Crippen molar-refractivity contribution in [1.82, 2.24) is 5.32 Å². The summed E-state index contributed by atoms with van der Waals surface area (Å²) in [6.07, 6.45) is 0.509. The number of ether oxygens (including phenoxy) is 1. The summed E-state index contributed by atoms with van der Waals surface area (Å²) in [5.74, 6) is -0.492. The molecule has 1 heterocycles. The third-order valence-corrected chi connectivity index (χ3v) is 4.88. The Balaban J connectivity index is 1.72. The number of thiophene rings is 1. The zero-order chi connectivity index (χ0) is 19.9. The summed E-state index contributed by atoms with van der Waals surface area (Å²) in [5, 5.41) is 16.0. The van der Waals surface area contributed by atoms with Gasteiger partial charge in [-0.1, -0.05) is 36.4 Å². The van der Waals surface area contributed by atoms with E-state index in [0.29, 0.717) is 6.29 Å². The molecule has 0 saturated carbocycles. The van der Waals surface area contributed by atoms with Crippen molar-refractivity contribution in [3.8, 4) is 5.75 Å². The maximum Gasteiger partial charge on any atom is 0.311 e. The normalized spacial score (nSPS) is 11.4. The van der Waals surface area contributed by atoms with Crippen LogP contribution in [0.1, 0.15) is 26.8 Å². The Bertz CT molecular complexity index is 974. The van der Waals surface area contributed by atoms with Gasteiger partial charge in [-0.25, -0.2) is 0 Å². The maximum atomic E-state index is 12.4. The van der Waals surface area contributed by atoms with Crippen LogP contribution in [0.4, 0.5) is 5.69 Å². The number of nitrogens with zero attached hydrogens (tertiary/aromatic N) is 1. The zero-order valence-corrected chi connectivity index (χ0v) is 15.4. The first-order valence-electron chi connectivity index (χ1n) is 8.32. The lowest BCUT2D eigenvalue weighted by Crippen LogP contribution is -2.33. The lowest BCUT2D eigenvalue weighted by molar-refractivity contribution is -0.385. The molecule has 3 rings (SSSR count). The predicted octanol–water partition coefficient (Wildman–Crippen LogP) is 3.75. The van der Waals surface area contributed by atoms with Crippen LogP contribution in [0.3, 0.4) is 0 Å². The molecule has 0 unspecified atom stereocenters. The molecule has 0 saturated heterocycles. The fourth-order valence-corrected chi connectivity index (χ4v) is 3.44. The molecule has 0 aliphatic carbocycles. The predicted molar refractivity (Wildman–Crippen MR) is 105 cm³/mol. The van der Waals surface area contributed by atoms with E-state index >= 15 is 0 Å². The van der Waals surface area contributed by atoms with Crippen LogP contribution >= 0.6 is 11.3 Å². The van der Waals surface area contributed by atoms with E-state index in [1.165, 1.54) is 23.5 Å². The minimum Gasteiger partial charge on any atom is -0.477 e. The molecular formula is C20H16N2O5S. The zero-order valence-electron chi connectivity index (χ0n) is 14.6. The number of carbonyl (C=O) groups is 2. The molecule has 0 fully saturated rings. The quantitative estimate of drug-likeness (QED) is 0.355. The van der Waals surface area contributed by atoms with E-state index in [9.17, 15) is 19.7 Å². The number of hydrogen-bond acceptors (Lipinski definition) is 6. The Morgan fingerprint density at radius 1 is 1.18 bits per heavy atom. The van der Waals surface area contributed by atoms with Gasteiger partial charge in [-0.2, -0.15) is 0 Å². The average Bonchev–Trinajstić information content (AvgIpc) is 3.25. The molecule has 0 aliphatic heterocycles. The van der Waals surface area contributed by atoms with Crippen LogP contribution in [0.25, 0.3) is 0 Å². The Morgan fingerprint density at radius 2 is 1.96 bits per heavy atom. The molecule has 0 aliphatic rings. The molecule has 0 bridgehead atoms. The van der Waals surface area contributed by atoms with Crippen LogP contribution in [0.2, 0.25) is 0 Å². The van der Waals surface area contributed by atoms with Gasteiger partial charge < -0.3 is 10.1 Å². The lowest BCUT2D eigenvalue weighted by Gasteiger charge is -2.18. The molecule has 1 amide bonds. The van der Waals surface area contributed by atoms with E-state index in [4.69, 9.17) is 4.74 Å². The molecule has 7 nitrogen and oxygen atoms in total. The standard InChI is InChI=1S/C20H16N2O5S/c23-12-14-8-9-17(16(11-14)22(25)26)27-13-19(24)21-20(18-7-4-10-28-18)15-5-2-1-3-6-15/h1-12,20H,13H2,(H,21,24)/t20-/m0/s1. The Labute approximate surface area is 164 Å². The van der Waals surface area contributed by atoms with Crippen LogP contribution in [-0.2, 0) is 4.79 Å². The number of hydrogen-bond donors (Lipinski definition) is 1. The summed E-state index contributed by atoms with van der Waals surface area (Å²) < 4.78 is 5.35. The first-order valence-corrected chi connectivity index (χ1v) is 9.20. The molecule has 0 spiro atoms. The van der Waals surface area contributed by atoms with Crippen molar-refractivity contribution in [2.45, 2.75) is 6.04 Å². The molecule has 3 aromatic rings. The number of benzene rings is 2. The van der Waals surface area contributed by atoms with Crippen LogP contribution in [0.15, 0.2) is 66.0 Å². The Kier molecular flexibility index (Phi) is 6.13. The molecule has 2 aromatic carbocycles. The van der Waals surface area contributed by atoms with Crippen molar-refractivity contribution in [1.29, 1.82) is 0 Å². The van der Waals surface area contributed by atoms with Gasteiger partial charge in [-0.05, 0) is 29.1 Å². The third kappa shape index (κ3) is 4.60. The lowest BCUT2D eigenvalue weighted by atomic mass is 10.1. The fourth-order valence-electron chi connectivity index (χ4n) is 2.64. The van der Waals surface area contributed by atoms with Crippen molar-refractivity contribution >= 4 is 29.2 Å². The monoisotopic (exact) mass is 396 g/mol. The van der Waals surface area contributed by atoms with Gasteiger partial charge >= 0.3 is 5.69 Å². The first-order chi connectivity index (χ1) is 13.6. The summed E-state index contributed by atoms with van der Waals surface area (Å²) in [5.41, 5.74) is 0.709. The maximum absolute atomic E-state index is 12.4. The number of nitro groups is 1. The van der Waals surface area contributed by atoms with Gasteiger partial charge in [0.15, 0.2) is 12.4 Å². The molecule has 8 heteroatoms. The van der Waals surface area contributed by atoms with E-state index in [1.54, 1.807) is 0 Å². The van der Waals surface area contributed by atoms with Gasteiger partial charge in [-0.3, -0.25) is 19.7 Å². The van der Waals surface area contributed by atoms with E-state index in [0.717, 1.165) is 16.5 Å². The van der Waals surface area contributed by atoms with E-state index in [1.807, 2.05) is 47.8 Å². The summed E-state index contributed by atoms with van der Waals surface area (Å²) in [6, 6.07) is 16.8. The molecule has 0 radical (unpaired) electrons. The second-order valence-corrected chi connectivity index (χ2v) is 6.80. The van der Waals surface area contributed by atoms with Gasteiger partial charge in [0.25, 0.3) is 5.91 Å². The highest BCUT2D eigenvalue weighted by Gasteiger charge is 2.20. The second kappa shape index (κ2) is 8.92. The van der Waals surface area contributed by atoms with E-state index in [-0.39, 0.29) is 23.0 Å². The van der Waals surface area contributed by atoms with Crippen molar-refractivity contribution < 1.29 is 19.2 Å². The second-order valence-electron chi connectivity index (χ2n) is 5.82. The number of nitro benzene ring substituents is 1. The van der Waals surface area contributed by atoms with Gasteiger partial charge in [0, 0.05) is 16.5 Å². The molecule has 1 atom stereocenters. The van der Waals surface area contributed by atoms with Crippen LogP contribution in [0, 0.1) is 10.1 Å². The van der Waals surface area contributed by atoms with Crippen molar-refractivity contribution in [2.75, 3.05) is 6.61 Å². The molecule has 1 aromatic heterocycles.